The molecular weight excluding hydrogens is 192 g/mol. The number of nitrogens with one attached hydrogen (secondary N) is 1. The monoisotopic (exact) mass is 214 g/mol. The number of hydrogen-bond acceptors (Lipinski definition) is 3. The maximum absolute atomic E-state index is 11.4. The zero-order chi connectivity index (χ0) is 11.1. The Balaban J connectivity index is 2.13. The minimum atomic E-state index is -0.0115. The van der Waals surface area contributed by atoms with Crippen molar-refractivity contribution in [2.45, 2.75) is 51.1 Å². The third-order valence-electron chi connectivity index (χ3n) is 2.66. The Morgan fingerprint density at radius 3 is 3.00 bits per heavy atom. The van der Waals surface area contributed by atoms with E-state index in [0.29, 0.717) is 6.61 Å². The fourth-order valence-electron chi connectivity index (χ4n) is 1.94. The zero-order valence-corrected chi connectivity index (χ0v) is 9.50. The Hall–Kier alpha value is -0.610. The summed E-state index contributed by atoms with van der Waals surface area (Å²) in [6.45, 7) is 2.86. The molecule has 1 fully saturated rings. The van der Waals surface area contributed by atoms with E-state index in [9.17, 15) is 4.79 Å². The van der Waals surface area contributed by atoms with Crippen LogP contribution in [0.3, 0.4) is 0 Å². The largest absolute Gasteiger partial charge is 0.372 e. The van der Waals surface area contributed by atoms with E-state index < -0.39 is 0 Å². The normalized spacial score (nSPS) is 26.3. The second kappa shape index (κ2) is 6.80. The van der Waals surface area contributed by atoms with Gasteiger partial charge in [0.2, 0.25) is 5.91 Å². The van der Waals surface area contributed by atoms with Crippen molar-refractivity contribution in [1.29, 1.82) is 0 Å². The molecule has 0 radical (unpaired) electrons. The van der Waals surface area contributed by atoms with Gasteiger partial charge in [-0.1, -0.05) is 6.92 Å². The second-order valence-corrected chi connectivity index (χ2v) is 4.24. The summed E-state index contributed by atoms with van der Waals surface area (Å²) in [5, 5.41) is 2.96. The standard InChI is InChI=1S/C11H22N2O2/c1-2-6-15-8-11(14)13-10-5-3-4-9(12)7-10/h9-10H,2-8,12H2,1H3,(H,13,14). The lowest BCUT2D eigenvalue weighted by Gasteiger charge is -2.27. The summed E-state index contributed by atoms with van der Waals surface area (Å²) in [4.78, 5) is 11.4. The zero-order valence-electron chi connectivity index (χ0n) is 9.50. The molecule has 0 saturated heterocycles. The number of hydrogen-bond donors (Lipinski definition) is 2. The predicted octanol–water partition coefficient (Wildman–Crippen LogP) is 0.799. The maximum atomic E-state index is 11.4. The van der Waals surface area contributed by atoms with Crippen LogP contribution in [0.25, 0.3) is 0 Å². The van der Waals surface area contributed by atoms with Gasteiger partial charge >= 0.3 is 0 Å². The third-order valence-corrected chi connectivity index (χ3v) is 2.66. The smallest absolute Gasteiger partial charge is 0.246 e. The van der Waals surface area contributed by atoms with Gasteiger partial charge in [-0.25, -0.2) is 0 Å². The quantitative estimate of drug-likeness (QED) is 0.665. The lowest BCUT2D eigenvalue weighted by Crippen LogP contribution is -2.43. The van der Waals surface area contributed by atoms with E-state index in [0.717, 1.165) is 32.1 Å². The average Bonchev–Trinajstić information content (AvgIpc) is 2.18. The van der Waals surface area contributed by atoms with Crippen molar-refractivity contribution in [3.63, 3.8) is 0 Å². The molecule has 4 heteroatoms. The van der Waals surface area contributed by atoms with E-state index in [-0.39, 0.29) is 24.6 Å². The van der Waals surface area contributed by atoms with E-state index in [4.69, 9.17) is 10.5 Å². The summed E-state index contributed by atoms with van der Waals surface area (Å²) in [5.74, 6) is -0.0115. The summed E-state index contributed by atoms with van der Waals surface area (Å²) >= 11 is 0. The number of nitrogens with two attached hydrogens (primary N) is 1. The first-order valence-corrected chi connectivity index (χ1v) is 5.85. The number of carbonyl (C=O) groups excluding carboxylic acids is 1. The van der Waals surface area contributed by atoms with Crippen LogP contribution in [0.15, 0.2) is 0 Å². The Bertz CT molecular complexity index is 197. The molecule has 0 aromatic rings. The van der Waals surface area contributed by atoms with Gasteiger partial charge in [-0.05, 0) is 32.1 Å². The molecule has 0 aliphatic heterocycles. The van der Waals surface area contributed by atoms with Gasteiger partial charge in [0.25, 0.3) is 0 Å². The molecule has 3 N–H and O–H groups in total. The van der Waals surface area contributed by atoms with Crippen LogP contribution in [-0.2, 0) is 9.53 Å². The third kappa shape index (κ3) is 5.14. The highest BCUT2D eigenvalue weighted by atomic mass is 16.5. The van der Waals surface area contributed by atoms with E-state index in [1.807, 2.05) is 6.92 Å². The lowest BCUT2D eigenvalue weighted by molar-refractivity contribution is -0.126. The van der Waals surface area contributed by atoms with E-state index >= 15 is 0 Å². The molecule has 88 valence electrons. The first kappa shape index (κ1) is 12.5. The van der Waals surface area contributed by atoms with E-state index in [2.05, 4.69) is 5.32 Å². The van der Waals surface area contributed by atoms with Gasteiger partial charge in [0, 0.05) is 18.7 Å². The molecule has 1 amide bonds. The summed E-state index contributed by atoms with van der Waals surface area (Å²) in [5.41, 5.74) is 5.84. The van der Waals surface area contributed by atoms with Gasteiger partial charge in [-0.2, -0.15) is 0 Å². The van der Waals surface area contributed by atoms with Crippen LogP contribution >= 0.6 is 0 Å². The molecule has 1 saturated carbocycles. The van der Waals surface area contributed by atoms with Crippen molar-refractivity contribution in [2.24, 2.45) is 5.73 Å². The van der Waals surface area contributed by atoms with Crippen molar-refractivity contribution in [2.75, 3.05) is 13.2 Å². The van der Waals surface area contributed by atoms with Gasteiger partial charge < -0.3 is 15.8 Å². The number of amides is 1. The van der Waals surface area contributed by atoms with Crippen LogP contribution in [0.2, 0.25) is 0 Å². The van der Waals surface area contributed by atoms with Crippen LogP contribution in [-0.4, -0.2) is 31.2 Å². The van der Waals surface area contributed by atoms with Gasteiger partial charge in [0.1, 0.15) is 6.61 Å². The van der Waals surface area contributed by atoms with Crippen LogP contribution in [0.4, 0.5) is 0 Å². The topological polar surface area (TPSA) is 64.3 Å². The number of carbonyl (C=O) groups is 1. The van der Waals surface area contributed by atoms with Crippen LogP contribution in [0, 0.1) is 0 Å². The van der Waals surface area contributed by atoms with Gasteiger partial charge in [-0.3, -0.25) is 4.79 Å². The van der Waals surface area contributed by atoms with Crippen molar-refractivity contribution in [1.82, 2.24) is 5.32 Å². The fourth-order valence-corrected chi connectivity index (χ4v) is 1.94. The van der Waals surface area contributed by atoms with Gasteiger partial charge in [-0.15, -0.1) is 0 Å². The van der Waals surface area contributed by atoms with Gasteiger partial charge in [0.15, 0.2) is 0 Å². The minimum absolute atomic E-state index is 0.0115. The van der Waals surface area contributed by atoms with Crippen LogP contribution < -0.4 is 11.1 Å². The lowest BCUT2D eigenvalue weighted by atomic mass is 9.92. The molecule has 1 aliphatic carbocycles. The molecule has 1 aliphatic rings. The maximum Gasteiger partial charge on any atom is 0.246 e. The molecule has 15 heavy (non-hydrogen) atoms. The molecule has 2 unspecified atom stereocenters. The van der Waals surface area contributed by atoms with Crippen molar-refractivity contribution >= 4 is 5.91 Å². The van der Waals surface area contributed by atoms with Crippen molar-refractivity contribution < 1.29 is 9.53 Å². The minimum Gasteiger partial charge on any atom is -0.372 e. The first-order chi connectivity index (χ1) is 7.22. The fraction of sp³-hybridized carbons (Fsp3) is 0.909. The molecule has 0 bridgehead atoms. The highest BCUT2D eigenvalue weighted by molar-refractivity contribution is 5.77. The molecule has 1 rings (SSSR count). The molecule has 0 aromatic heterocycles. The van der Waals surface area contributed by atoms with Crippen LogP contribution in [0.1, 0.15) is 39.0 Å². The first-order valence-electron chi connectivity index (χ1n) is 5.85. The molecule has 0 heterocycles. The SMILES string of the molecule is CCCOCC(=O)NC1CCCC(N)C1. The molecule has 0 aromatic carbocycles. The Morgan fingerprint density at radius 2 is 2.33 bits per heavy atom. The Kier molecular flexibility index (Phi) is 5.65. The van der Waals surface area contributed by atoms with Crippen molar-refractivity contribution in [3.8, 4) is 0 Å². The van der Waals surface area contributed by atoms with Crippen molar-refractivity contribution in [3.05, 3.63) is 0 Å². The van der Waals surface area contributed by atoms with Crippen LogP contribution in [0.5, 0.6) is 0 Å². The number of ether oxygens (including phenoxy) is 1. The second-order valence-electron chi connectivity index (χ2n) is 4.24. The summed E-state index contributed by atoms with van der Waals surface area (Å²) < 4.78 is 5.17. The Labute approximate surface area is 91.5 Å². The highest BCUT2D eigenvalue weighted by Gasteiger charge is 2.20. The number of rotatable bonds is 5. The predicted molar refractivity (Wildman–Crippen MR) is 59.5 cm³/mol. The summed E-state index contributed by atoms with van der Waals surface area (Å²) in [7, 11) is 0. The summed E-state index contributed by atoms with van der Waals surface area (Å²) in [6.07, 6.45) is 5.09. The molecule has 4 nitrogen and oxygen atoms in total. The molecule has 2 atom stereocenters. The molecular formula is C11H22N2O2. The highest BCUT2D eigenvalue weighted by Crippen LogP contribution is 2.16. The Morgan fingerprint density at radius 1 is 1.53 bits per heavy atom. The van der Waals surface area contributed by atoms with Gasteiger partial charge in [0.05, 0.1) is 0 Å². The summed E-state index contributed by atoms with van der Waals surface area (Å²) in [6, 6.07) is 0.507. The van der Waals surface area contributed by atoms with E-state index in [1.165, 1.54) is 0 Å². The molecule has 0 spiro atoms. The van der Waals surface area contributed by atoms with E-state index in [1.54, 1.807) is 0 Å². The average molecular weight is 214 g/mol.